The molecule has 13 heavy (non-hydrogen) atoms. The van der Waals surface area contributed by atoms with E-state index in [1.54, 1.807) is 12.1 Å². The van der Waals surface area contributed by atoms with Gasteiger partial charge in [0.15, 0.2) is 0 Å². The van der Waals surface area contributed by atoms with E-state index >= 15 is 0 Å². The van der Waals surface area contributed by atoms with Gasteiger partial charge in [0, 0.05) is 18.7 Å². The van der Waals surface area contributed by atoms with Gasteiger partial charge in [-0.05, 0) is 6.07 Å². The Hall–Kier alpha value is -0.640. The second-order valence-corrected chi connectivity index (χ2v) is 3.77. The van der Waals surface area contributed by atoms with E-state index in [-0.39, 0.29) is 5.02 Å². The molecule has 3 N–H and O–H groups in total. The van der Waals surface area contributed by atoms with Gasteiger partial charge in [-0.3, -0.25) is 0 Å². The number of hydrogen-bond donors (Lipinski definition) is 2. The fourth-order valence-corrected chi connectivity index (χ4v) is 1.65. The third-order valence-corrected chi connectivity index (χ3v) is 2.66. The molecule has 0 bridgehead atoms. The minimum absolute atomic E-state index is 0.134. The molecular weight excluding hydrogens is 191 g/mol. The van der Waals surface area contributed by atoms with E-state index in [1.165, 1.54) is 6.07 Å². The Morgan fingerprint density at radius 2 is 2.15 bits per heavy atom. The van der Waals surface area contributed by atoms with Gasteiger partial charge in [-0.15, -0.1) is 0 Å². The fraction of sp³-hybridized carbons (Fsp3) is 0.333. The van der Waals surface area contributed by atoms with Gasteiger partial charge in [-0.2, -0.15) is 0 Å². The van der Waals surface area contributed by atoms with E-state index in [4.69, 9.17) is 17.3 Å². The van der Waals surface area contributed by atoms with Crippen LogP contribution in [-0.2, 0) is 5.54 Å². The molecule has 0 aliphatic carbocycles. The van der Waals surface area contributed by atoms with Crippen LogP contribution >= 0.6 is 11.6 Å². The average Bonchev–Trinajstić information content (AvgIpc) is 2.06. The first kappa shape index (κ1) is 8.94. The Morgan fingerprint density at radius 1 is 1.46 bits per heavy atom. The van der Waals surface area contributed by atoms with Crippen LogP contribution in [0.3, 0.4) is 0 Å². The highest BCUT2D eigenvalue weighted by molar-refractivity contribution is 6.30. The predicted molar refractivity (Wildman–Crippen MR) is 50.1 cm³/mol. The van der Waals surface area contributed by atoms with Gasteiger partial charge in [-0.25, -0.2) is 4.39 Å². The average molecular weight is 201 g/mol. The first-order valence-electron chi connectivity index (χ1n) is 4.07. The van der Waals surface area contributed by atoms with Gasteiger partial charge in [0.2, 0.25) is 0 Å². The Bertz CT molecular complexity index is 336. The van der Waals surface area contributed by atoms with Crippen LogP contribution in [0.2, 0.25) is 5.02 Å². The van der Waals surface area contributed by atoms with E-state index in [1.807, 2.05) is 0 Å². The summed E-state index contributed by atoms with van der Waals surface area (Å²) in [7, 11) is 0. The van der Waals surface area contributed by atoms with Crippen molar-refractivity contribution in [3.05, 3.63) is 34.6 Å². The molecule has 2 rings (SSSR count). The number of nitrogens with one attached hydrogen (secondary N) is 1. The molecule has 0 amide bonds. The highest BCUT2D eigenvalue weighted by atomic mass is 35.5. The van der Waals surface area contributed by atoms with Crippen LogP contribution in [-0.4, -0.2) is 13.1 Å². The molecule has 70 valence electrons. The molecule has 0 saturated carbocycles. The van der Waals surface area contributed by atoms with Crippen molar-refractivity contribution in [1.82, 2.24) is 5.32 Å². The molecule has 1 aliphatic rings. The maximum atomic E-state index is 13.5. The second-order valence-electron chi connectivity index (χ2n) is 3.36. The smallest absolute Gasteiger partial charge is 0.146 e. The molecule has 0 radical (unpaired) electrons. The van der Waals surface area contributed by atoms with Crippen LogP contribution in [0, 0.1) is 5.82 Å². The lowest BCUT2D eigenvalue weighted by molar-refractivity contribution is 0.278. The number of halogens is 2. The number of nitrogens with two attached hydrogens (primary N) is 1. The van der Waals surface area contributed by atoms with E-state index in [0.29, 0.717) is 18.7 Å². The van der Waals surface area contributed by atoms with Gasteiger partial charge in [0.1, 0.15) is 5.82 Å². The number of benzene rings is 1. The van der Waals surface area contributed by atoms with Crippen molar-refractivity contribution in [2.75, 3.05) is 13.1 Å². The fourth-order valence-electron chi connectivity index (χ4n) is 1.47. The topological polar surface area (TPSA) is 38.0 Å². The summed E-state index contributed by atoms with van der Waals surface area (Å²) >= 11 is 5.65. The lowest BCUT2D eigenvalue weighted by Gasteiger charge is -2.39. The molecule has 1 saturated heterocycles. The summed E-state index contributed by atoms with van der Waals surface area (Å²) in [4.78, 5) is 0. The largest absolute Gasteiger partial charge is 0.319 e. The zero-order valence-corrected chi connectivity index (χ0v) is 7.74. The maximum Gasteiger partial charge on any atom is 0.146 e. The standard InChI is InChI=1S/C9H10ClFN2/c10-7-3-1-2-6(8(7)11)9(12)4-13-5-9/h1-3,13H,4-5,12H2. The summed E-state index contributed by atoms with van der Waals surface area (Å²) < 4.78 is 13.5. The van der Waals surface area contributed by atoms with Crippen molar-refractivity contribution in [1.29, 1.82) is 0 Å². The summed E-state index contributed by atoms with van der Waals surface area (Å²) in [6.45, 7) is 1.20. The van der Waals surface area contributed by atoms with Crippen molar-refractivity contribution < 1.29 is 4.39 Å². The zero-order valence-electron chi connectivity index (χ0n) is 6.98. The van der Waals surface area contributed by atoms with Crippen LogP contribution in [0.1, 0.15) is 5.56 Å². The minimum Gasteiger partial charge on any atom is -0.319 e. The van der Waals surface area contributed by atoms with E-state index in [2.05, 4.69) is 5.32 Å². The molecule has 1 heterocycles. The predicted octanol–water partition coefficient (Wildman–Crippen LogP) is 1.24. The Morgan fingerprint density at radius 3 is 2.69 bits per heavy atom. The Labute approximate surface area is 80.9 Å². The van der Waals surface area contributed by atoms with Crippen LogP contribution in [0.4, 0.5) is 4.39 Å². The number of rotatable bonds is 1. The van der Waals surface area contributed by atoms with Crippen LogP contribution in [0.25, 0.3) is 0 Å². The zero-order chi connectivity index (χ0) is 9.47. The lowest BCUT2D eigenvalue weighted by Crippen LogP contribution is -2.63. The Balaban J connectivity index is 2.45. The SMILES string of the molecule is NC1(c2cccc(Cl)c2F)CNC1. The molecule has 1 aromatic carbocycles. The molecular formula is C9H10ClFN2. The monoisotopic (exact) mass is 200 g/mol. The molecule has 0 aromatic heterocycles. The van der Waals surface area contributed by atoms with Gasteiger partial charge in [-0.1, -0.05) is 23.7 Å². The van der Waals surface area contributed by atoms with E-state index < -0.39 is 11.4 Å². The summed E-state index contributed by atoms with van der Waals surface area (Å²) in [6, 6.07) is 4.92. The Kier molecular flexibility index (Phi) is 2.02. The molecule has 1 aromatic rings. The molecule has 0 spiro atoms. The van der Waals surface area contributed by atoms with Crippen LogP contribution in [0.5, 0.6) is 0 Å². The highest BCUT2D eigenvalue weighted by Crippen LogP contribution is 2.28. The van der Waals surface area contributed by atoms with Crippen LogP contribution in [0.15, 0.2) is 18.2 Å². The molecule has 1 aliphatic heterocycles. The minimum atomic E-state index is -0.574. The molecule has 0 atom stereocenters. The second kappa shape index (κ2) is 2.94. The summed E-state index contributed by atoms with van der Waals surface area (Å²) in [5.74, 6) is -0.395. The first-order valence-corrected chi connectivity index (χ1v) is 4.45. The molecule has 0 unspecified atom stereocenters. The first-order chi connectivity index (χ1) is 6.13. The highest BCUT2D eigenvalue weighted by Gasteiger charge is 2.36. The molecule has 2 nitrogen and oxygen atoms in total. The van der Waals surface area contributed by atoms with Gasteiger partial charge < -0.3 is 11.1 Å². The third-order valence-electron chi connectivity index (χ3n) is 2.37. The van der Waals surface area contributed by atoms with Crippen molar-refractivity contribution in [2.24, 2.45) is 5.73 Å². The third kappa shape index (κ3) is 1.33. The normalized spacial score (nSPS) is 19.6. The number of hydrogen-bond acceptors (Lipinski definition) is 2. The summed E-state index contributed by atoms with van der Waals surface area (Å²) in [5, 5.41) is 3.15. The van der Waals surface area contributed by atoms with Gasteiger partial charge in [0.25, 0.3) is 0 Å². The summed E-state index contributed by atoms with van der Waals surface area (Å²) in [6.07, 6.45) is 0. The van der Waals surface area contributed by atoms with Crippen molar-refractivity contribution in [3.8, 4) is 0 Å². The van der Waals surface area contributed by atoms with E-state index in [9.17, 15) is 4.39 Å². The van der Waals surface area contributed by atoms with Gasteiger partial charge in [0.05, 0.1) is 10.6 Å². The quantitative estimate of drug-likeness (QED) is 0.716. The summed E-state index contributed by atoms with van der Waals surface area (Å²) in [5.41, 5.74) is 5.86. The van der Waals surface area contributed by atoms with Crippen molar-refractivity contribution in [3.63, 3.8) is 0 Å². The molecule has 4 heteroatoms. The van der Waals surface area contributed by atoms with Crippen LogP contribution < -0.4 is 11.1 Å². The van der Waals surface area contributed by atoms with Gasteiger partial charge >= 0.3 is 0 Å². The van der Waals surface area contributed by atoms with Crippen molar-refractivity contribution in [2.45, 2.75) is 5.54 Å². The molecule has 1 fully saturated rings. The van der Waals surface area contributed by atoms with E-state index in [0.717, 1.165) is 0 Å². The maximum absolute atomic E-state index is 13.5. The lowest BCUT2D eigenvalue weighted by atomic mass is 9.85. The van der Waals surface area contributed by atoms with Crippen molar-refractivity contribution >= 4 is 11.6 Å².